The predicted molar refractivity (Wildman–Crippen MR) is 144 cm³/mol. The Balaban J connectivity index is 1.27. The molecule has 1 saturated heterocycles. The van der Waals surface area contributed by atoms with Crippen LogP contribution in [0.3, 0.4) is 0 Å². The van der Waals surface area contributed by atoms with Crippen LogP contribution in [0.4, 0.5) is 0 Å². The van der Waals surface area contributed by atoms with Crippen LogP contribution in [0.5, 0.6) is 0 Å². The minimum Gasteiger partial charge on any atom is -0.393 e. The van der Waals surface area contributed by atoms with Gasteiger partial charge in [-0.2, -0.15) is 0 Å². The minimum absolute atomic E-state index is 0.0385. The summed E-state index contributed by atoms with van der Waals surface area (Å²) in [5, 5.41) is 46.6. The van der Waals surface area contributed by atoms with Crippen molar-refractivity contribution in [1.82, 2.24) is 0 Å². The number of allylic oxidation sites excluding steroid dienone is 1. The van der Waals surface area contributed by atoms with E-state index in [1.54, 1.807) is 13.0 Å². The first-order valence-corrected chi connectivity index (χ1v) is 15.5. The molecular weight excluding hydrogens is 480 g/mol. The molecule has 214 valence electrons. The Morgan fingerprint density at radius 2 is 1.76 bits per heavy atom. The number of hydrogen-bond donors (Lipinski definition) is 4. The number of carbonyl (C=O) groups excluding carboxylic acids is 1. The standard InChI is InChI=1S/C32H50O6/c1-18-21(19-7-5-6-8-19)17-38-27(18)28(35)31(4,36)26-11-14-32(37)23-16-25(34)24-15-20(33)9-12-29(24,2)22(23)10-13-30(26,32)3/h16,18-22,24,26-28,33,35-37H,5-15,17H2,1-4H3/t18-,20+,21+,22+,24+,26+,27+,28-,29-,30-,31+,32-/m1/s1. The summed E-state index contributed by atoms with van der Waals surface area (Å²) in [6, 6.07) is 0. The van der Waals surface area contributed by atoms with Crippen molar-refractivity contribution in [2.24, 2.45) is 46.3 Å². The Bertz CT molecular complexity index is 984. The number of rotatable bonds is 4. The second kappa shape index (κ2) is 9.11. The number of aliphatic hydroxyl groups excluding tert-OH is 2. The molecule has 1 aliphatic heterocycles. The van der Waals surface area contributed by atoms with Gasteiger partial charge < -0.3 is 25.2 Å². The lowest BCUT2D eigenvalue weighted by Crippen LogP contribution is -2.63. The summed E-state index contributed by atoms with van der Waals surface area (Å²) in [7, 11) is 0. The number of aliphatic hydroxyl groups is 4. The molecule has 0 radical (unpaired) electrons. The molecule has 5 aliphatic carbocycles. The van der Waals surface area contributed by atoms with E-state index in [9.17, 15) is 25.2 Å². The van der Waals surface area contributed by atoms with E-state index in [1.807, 2.05) is 0 Å². The lowest BCUT2D eigenvalue weighted by atomic mass is 9.46. The SMILES string of the molecule is C[C@H]1[C@@H]([C@@H](O)[C@@](C)(O)[C@H]2CC[C@@]3(O)C4=CC(=O)[C@@H]5C[C@@H](O)CC[C@]5(C)[C@H]4CC[C@]23C)OC[C@@H]1C1CCCC1. The first kappa shape index (κ1) is 27.4. The summed E-state index contributed by atoms with van der Waals surface area (Å²) in [4.78, 5) is 13.4. The van der Waals surface area contributed by atoms with E-state index in [-0.39, 0.29) is 34.9 Å². The van der Waals surface area contributed by atoms with Crippen molar-refractivity contribution in [1.29, 1.82) is 0 Å². The van der Waals surface area contributed by atoms with Gasteiger partial charge in [-0.05, 0) is 98.5 Å². The third kappa shape index (κ3) is 3.65. The zero-order valence-electron chi connectivity index (χ0n) is 23.9. The highest BCUT2D eigenvalue weighted by atomic mass is 16.5. The van der Waals surface area contributed by atoms with Crippen LogP contribution in [-0.4, -0.2) is 62.3 Å². The Labute approximate surface area is 228 Å². The fourth-order valence-corrected chi connectivity index (χ4v) is 10.9. The van der Waals surface area contributed by atoms with Crippen LogP contribution in [0, 0.1) is 46.3 Å². The van der Waals surface area contributed by atoms with E-state index in [4.69, 9.17) is 4.74 Å². The third-order valence-electron chi connectivity index (χ3n) is 13.4. The number of hydrogen-bond acceptors (Lipinski definition) is 6. The number of carbonyl (C=O) groups is 1. The first-order chi connectivity index (χ1) is 17.8. The lowest BCUT2D eigenvalue weighted by molar-refractivity contribution is -0.193. The molecule has 0 aromatic carbocycles. The van der Waals surface area contributed by atoms with E-state index in [1.165, 1.54) is 25.7 Å². The average Bonchev–Trinajstić information content (AvgIpc) is 3.58. The molecular formula is C32H50O6. The van der Waals surface area contributed by atoms with Crippen LogP contribution in [0.2, 0.25) is 0 Å². The molecule has 6 heteroatoms. The van der Waals surface area contributed by atoms with Gasteiger partial charge in [0.25, 0.3) is 0 Å². The van der Waals surface area contributed by atoms with Gasteiger partial charge in [0, 0.05) is 11.3 Å². The van der Waals surface area contributed by atoms with Gasteiger partial charge in [-0.3, -0.25) is 4.79 Å². The van der Waals surface area contributed by atoms with Crippen molar-refractivity contribution in [2.75, 3.05) is 6.61 Å². The van der Waals surface area contributed by atoms with Crippen LogP contribution < -0.4 is 0 Å². The van der Waals surface area contributed by atoms with E-state index in [0.717, 1.165) is 24.8 Å². The van der Waals surface area contributed by atoms with Crippen LogP contribution in [-0.2, 0) is 9.53 Å². The van der Waals surface area contributed by atoms with Gasteiger partial charge in [-0.15, -0.1) is 0 Å². The fourth-order valence-electron chi connectivity index (χ4n) is 10.9. The normalized spacial score (nSPS) is 51.6. The second-order valence-corrected chi connectivity index (χ2v) is 15.0. The molecule has 4 N–H and O–H groups in total. The van der Waals surface area contributed by atoms with Crippen molar-refractivity contribution in [3.05, 3.63) is 11.6 Å². The van der Waals surface area contributed by atoms with E-state index < -0.39 is 34.9 Å². The highest BCUT2D eigenvalue weighted by Crippen LogP contribution is 2.68. The molecule has 12 atom stereocenters. The first-order valence-electron chi connectivity index (χ1n) is 15.5. The fraction of sp³-hybridized carbons (Fsp3) is 0.906. The van der Waals surface area contributed by atoms with Gasteiger partial charge in [0.15, 0.2) is 5.78 Å². The van der Waals surface area contributed by atoms with Crippen molar-refractivity contribution in [3.63, 3.8) is 0 Å². The molecule has 1 heterocycles. The molecule has 38 heavy (non-hydrogen) atoms. The van der Waals surface area contributed by atoms with E-state index in [0.29, 0.717) is 44.1 Å². The smallest absolute Gasteiger partial charge is 0.159 e. The van der Waals surface area contributed by atoms with Crippen LogP contribution >= 0.6 is 0 Å². The van der Waals surface area contributed by atoms with Crippen LogP contribution in [0.25, 0.3) is 0 Å². The number of ether oxygens (including phenoxy) is 1. The maximum atomic E-state index is 13.4. The molecule has 0 spiro atoms. The lowest BCUT2D eigenvalue weighted by Gasteiger charge is -2.60. The predicted octanol–water partition coefficient (Wildman–Crippen LogP) is 4.17. The van der Waals surface area contributed by atoms with Crippen LogP contribution in [0.15, 0.2) is 11.6 Å². The highest BCUT2D eigenvalue weighted by Gasteiger charge is 2.69. The largest absolute Gasteiger partial charge is 0.393 e. The monoisotopic (exact) mass is 530 g/mol. The van der Waals surface area contributed by atoms with Crippen LogP contribution in [0.1, 0.15) is 98.3 Å². The highest BCUT2D eigenvalue weighted by molar-refractivity contribution is 5.95. The molecule has 0 amide bonds. The van der Waals surface area contributed by atoms with Gasteiger partial charge in [-0.1, -0.05) is 46.5 Å². The average molecular weight is 531 g/mol. The summed E-state index contributed by atoms with van der Waals surface area (Å²) in [6.45, 7) is 8.85. The second-order valence-electron chi connectivity index (χ2n) is 15.0. The summed E-state index contributed by atoms with van der Waals surface area (Å²) >= 11 is 0. The van der Waals surface area contributed by atoms with Crippen molar-refractivity contribution < 1.29 is 30.0 Å². The zero-order valence-corrected chi connectivity index (χ0v) is 23.9. The molecule has 0 unspecified atom stereocenters. The summed E-state index contributed by atoms with van der Waals surface area (Å²) in [5.74, 6) is 0.904. The van der Waals surface area contributed by atoms with E-state index >= 15 is 0 Å². The van der Waals surface area contributed by atoms with E-state index in [2.05, 4.69) is 20.8 Å². The molecule has 0 aromatic rings. The number of fused-ring (bicyclic) bond motifs is 5. The Morgan fingerprint density at radius 1 is 1.05 bits per heavy atom. The van der Waals surface area contributed by atoms with Crippen molar-refractivity contribution in [3.8, 4) is 0 Å². The molecule has 0 aromatic heterocycles. The summed E-state index contributed by atoms with van der Waals surface area (Å²) < 4.78 is 6.22. The van der Waals surface area contributed by atoms with Gasteiger partial charge in [0.1, 0.15) is 6.10 Å². The minimum atomic E-state index is -1.42. The van der Waals surface area contributed by atoms with Crippen molar-refractivity contribution in [2.45, 2.75) is 128 Å². The molecule has 5 fully saturated rings. The Hall–Kier alpha value is -0.790. The summed E-state index contributed by atoms with van der Waals surface area (Å²) in [5.41, 5.74) is -2.65. The molecule has 6 rings (SSSR count). The molecule has 4 saturated carbocycles. The van der Waals surface area contributed by atoms with Gasteiger partial charge >= 0.3 is 0 Å². The number of ketones is 1. The molecule has 0 bridgehead atoms. The maximum Gasteiger partial charge on any atom is 0.159 e. The molecule has 6 aliphatic rings. The van der Waals surface area contributed by atoms with Gasteiger partial charge in [-0.25, -0.2) is 0 Å². The third-order valence-corrected chi connectivity index (χ3v) is 13.4. The van der Waals surface area contributed by atoms with Gasteiger partial charge in [0.05, 0.1) is 30.0 Å². The van der Waals surface area contributed by atoms with Gasteiger partial charge in [0.2, 0.25) is 0 Å². The zero-order chi connectivity index (χ0) is 27.3. The van der Waals surface area contributed by atoms with Crippen molar-refractivity contribution >= 4 is 5.78 Å². The molecule has 6 nitrogen and oxygen atoms in total. The topological polar surface area (TPSA) is 107 Å². The quantitative estimate of drug-likeness (QED) is 0.435. The summed E-state index contributed by atoms with van der Waals surface area (Å²) in [6.07, 6.45) is 9.55. The Morgan fingerprint density at radius 3 is 2.47 bits per heavy atom. The maximum absolute atomic E-state index is 13.4. The Kier molecular flexibility index (Phi) is 6.56.